The van der Waals surface area contributed by atoms with Crippen molar-refractivity contribution in [1.29, 1.82) is 0 Å². The Kier molecular flexibility index (Phi) is 4.92. The average Bonchev–Trinajstić information content (AvgIpc) is 1.97. The Morgan fingerprint density at radius 1 is 1.31 bits per heavy atom. The Morgan fingerprint density at radius 2 is 1.77 bits per heavy atom. The first-order valence-corrected chi connectivity index (χ1v) is 4.89. The summed E-state index contributed by atoms with van der Waals surface area (Å²) < 4.78 is 5.44. The van der Waals surface area contributed by atoms with E-state index in [0.717, 1.165) is 0 Å². The van der Waals surface area contributed by atoms with E-state index in [1.54, 1.807) is 6.92 Å². The van der Waals surface area contributed by atoms with E-state index in [1.165, 1.54) is 0 Å². The predicted molar refractivity (Wildman–Crippen MR) is 61.1 cm³/mol. The highest BCUT2D eigenvalue weighted by molar-refractivity contribution is 8.05. The van der Waals surface area contributed by atoms with Gasteiger partial charge < -0.3 is 4.74 Å². The fraction of sp³-hybridized carbons (Fsp3) is 0.667. The number of esters is 1. The van der Waals surface area contributed by atoms with Gasteiger partial charge in [-0.2, -0.15) is 0 Å². The van der Waals surface area contributed by atoms with Crippen LogP contribution in [0.1, 0.15) is 27.7 Å². The van der Waals surface area contributed by atoms with Gasteiger partial charge in [0.25, 0.3) is 0 Å². The summed E-state index contributed by atoms with van der Waals surface area (Å²) in [6, 6.07) is 0. The number of thiol groups is 2. The van der Waals surface area contributed by atoms with E-state index >= 15 is 0 Å². The standard InChI is InChI=1S/C9H16O2S2/c1-6(8(12)13)7(10)11-5-9(2,3)4/h12-13H,5H2,1-4H3. The van der Waals surface area contributed by atoms with Crippen molar-refractivity contribution in [2.75, 3.05) is 6.61 Å². The monoisotopic (exact) mass is 220 g/mol. The normalized spacial score (nSPS) is 10.9. The summed E-state index contributed by atoms with van der Waals surface area (Å²) in [5, 5.41) is 0. The number of ether oxygens (including phenoxy) is 1. The number of hydrogen-bond donors (Lipinski definition) is 2. The quantitative estimate of drug-likeness (QED) is 0.425. The molecule has 0 aromatic heterocycles. The van der Waals surface area contributed by atoms with Crippen molar-refractivity contribution in [2.24, 2.45) is 5.41 Å². The van der Waals surface area contributed by atoms with Crippen LogP contribution in [0.3, 0.4) is 0 Å². The molecule has 0 aliphatic carbocycles. The van der Waals surface area contributed by atoms with Crippen molar-refractivity contribution in [3.8, 4) is 0 Å². The number of carbonyl (C=O) groups excluding carboxylic acids is 1. The molecule has 13 heavy (non-hydrogen) atoms. The maximum Gasteiger partial charge on any atom is 0.335 e. The molecule has 0 aromatic rings. The van der Waals surface area contributed by atoms with Gasteiger partial charge in [0, 0.05) is 4.24 Å². The summed E-state index contributed by atoms with van der Waals surface area (Å²) in [6.07, 6.45) is 0. The summed E-state index contributed by atoms with van der Waals surface area (Å²) >= 11 is 7.88. The van der Waals surface area contributed by atoms with Gasteiger partial charge in [0.15, 0.2) is 0 Å². The molecule has 0 bridgehead atoms. The third kappa shape index (κ3) is 6.05. The second-order valence-electron chi connectivity index (χ2n) is 4.09. The summed E-state index contributed by atoms with van der Waals surface area (Å²) in [5.74, 6) is -0.352. The van der Waals surface area contributed by atoms with Gasteiger partial charge in [0.05, 0.1) is 12.2 Å². The molecule has 0 radical (unpaired) electrons. The molecular formula is C9H16O2S2. The third-order valence-corrected chi connectivity index (χ3v) is 1.95. The lowest BCUT2D eigenvalue weighted by Crippen LogP contribution is -2.18. The molecule has 0 saturated heterocycles. The summed E-state index contributed by atoms with van der Waals surface area (Å²) in [6.45, 7) is 8.04. The van der Waals surface area contributed by atoms with Crippen LogP contribution in [0.25, 0.3) is 0 Å². The van der Waals surface area contributed by atoms with E-state index < -0.39 is 0 Å². The summed E-state index contributed by atoms with van der Waals surface area (Å²) in [7, 11) is 0. The van der Waals surface area contributed by atoms with Crippen LogP contribution in [-0.2, 0) is 9.53 Å². The van der Waals surface area contributed by atoms with Gasteiger partial charge in [-0.1, -0.05) is 20.8 Å². The summed E-state index contributed by atoms with van der Waals surface area (Å²) in [4.78, 5) is 11.3. The maximum atomic E-state index is 11.3. The third-order valence-electron chi connectivity index (χ3n) is 1.28. The van der Waals surface area contributed by atoms with Crippen LogP contribution in [0.2, 0.25) is 0 Å². The lowest BCUT2D eigenvalue weighted by Gasteiger charge is -2.17. The highest BCUT2D eigenvalue weighted by atomic mass is 32.2. The molecule has 0 aromatic carbocycles. The number of rotatable bonds is 2. The maximum absolute atomic E-state index is 11.3. The molecule has 0 aliphatic heterocycles. The summed E-state index contributed by atoms with van der Waals surface area (Å²) in [5.41, 5.74) is 0.430. The molecule has 4 heteroatoms. The van der Waals surface area contributed by atoms with Crippen molar-refractivity contribution in [2.45, 2.75) is 27.7 Å². The minimum atomic E-state index is -0.352. The first-order chi connectivity index (χ1) is 5.74. The molecule has 0 spiro atoms. The van der Waals surface area contributed by atoms with Crippen molar-refractivity contribution < 1.29 is 9.53 Å². The van der Waals surface area contributed by atoms with Gasteiger partial charge in [-0.3, -0.25) is 0 Å². The largest absolute Gasteiger partial charge is 0.462 e. The van der Waals surface area contributed by atoms with Gasteiger partial charge >= 0.3 is 5.97 Å². The zero-order valence-corrected chi connectivity index (χ0v) is 10.2. The molecule has 0 rings (SSSR count). The molecule has 0 amide bonds. The zero-order valence-electron chi connectivity index (χ0n) is 8.42. The lowest BCUT2D eigenvalue weighted by molar-refractivity contribution is -0.141. The van der Waals surface area contributed by atoms with Crippen LogP contribution in [0.4, 0.5) is 0 Å². The highest BCUT2D eigenvalue weighted by Crippen LogP contribution is 2.17. The molecule has 0 unspecified atom stereocenters. The Hall–Kier alpha value is -0.0900. The van der Waals surface area contributed by atoms with E-state index in [0.29, 0.717) is 16.4 Å². The number of hydrogen-bond acceptors (Lipinski definition) is 4. The van der Waals surface area contributed by atoms with E-state index in [4.69, 9.17) is 4.74 Å². The van der Waals surface area contributed by atoms with Gasteiger partial charge in [0.2, 0.25) is 0 Å². The molecule has 0 fully saturated rings. The van der Waals surface area contributed by atoms with Gasteiger partial charge in [-0.15, -0.1) is 25.3 Å². The first-order valence-electron chi connectivity index (χ1n) is 4.00. The Morgan fingerprint density at radius 3 is 2.08 bits per heavy atom. The lowest BCUT2D eigenvalue weighted by atomic mass is 9.99. The van der Waals surface area contributed by atoms with Crippen molar-refractivity contribution in [1.82, 2.24) is 0 Å². The van der Waals surface area contributed by atoms with Crippen LogP contribution in [0, 0.1) is 5.41 Å². The zero-order chi connectivity index (χ0) is 10.6. The van der Waals surface area contributed by atoms with Gasteiger partial charge in [-0.25, -0.2) is 4.79 Å². The van der Waals surface area contributed by atoms with Crippen LogP contribution in [0.15, 0.2) is 9.81 Å². The second-order valence-corrected chi connectivity index (χ2v) is 5.33. The molecule has 0 heterocycles. The van der Waals surface area contributed by atoms with E-state index in [2.05, 4.69) is 25.3 Å². The van der Waals surface area contributed by atoms with Crippen LogP contribution in [0.5, 0.6) is 0 Å². The Labute approximate surface area is 90.6 Å². The van der Waals surface area contributed by atoms with E-state index in [1.807, 2.05) is 20.8 Å². The highest BCUT2D eigenvalue weighted by Gasteiger charge is 2.15. The molecule has 0 aliphatic rings. The van der Waals surface area contributed by atoms with Gasteiger partial charge in [-0.05, 0) is 12.3 Å². The SMILES string of the molecule is CC(C(=O)OCC(C)(C)C)=C(S)S. The van der Waals surface area contributed by atoms with Crippen LogP contribution in [-0.4, -0.2) is 12.6 Å². The number of carbonyl (C=O) groups is 1. The van der Waals surface area contributed by atoms with Crippen LogP contribution >= 0.6 is 25.3 Å². The Balaban J connectivity index is 4.12. The molecule has 0 N–H and O–H groups in total. The fourth-order valence-electron chi connectivity index (χ4n) is 0.482. The molecule has 2 nitrogen and oxygen atoms in total. The van der Waals surface area contributed by atoms with Crippen molar-refractivity contribution in [3.63, 3.8) is 0 Å². The topological polar surface area (TPSA) is 26.3 Å². The van der Waals surface area contributed by atoms with E-state index in [-0.39, 0.29) is 11.4 Å². The molecule has 76 valence electrons. The average molecular weight is 220 g/mol. The molecule has 0 saturated carbocycles. The van der Waals surface area contributed by atoms with Crippen molar-refractivity contribution >= 4 is 31.2 Å². The second kappa shape index (κ2) is 4.96. The predicted octanol–water partition coefficient (Wildman–Crippen LogP) is 2.67. The smallest absolute Gasteiger partial charge is 0.335 e. The molecule has 0 atom stereocenters. The van der Waals surface area contributed by atoms with Gasteiger partial charge in [0.1, 0.15) is 0 Å². The van der Waals surface area contributed by atoms with E-state index in [9.17, 15) is 4.79 Å². The molecular weight excluding hydrogens is 204 g/mol. The minimum Gasteiger partial charge on any atom is -0.462 e. The first kappa shape index (κ1) is 12.9. The fourth-order valence-corrected chi connectivity index (χ4v) is 0.664. The van der Waals surface area contributed by atoms with Crippen molar-refractivity contribution in [3.05, 3.63) is 9.81 Å². The minimum absolute atomic E-state index is 0.0106. The Bertz CT molecular complexity index is 222. The van der Waals surface area contributed by atoms with Crippen LogP contribution < -0.4 is 0 Å².